The molecule has 2 aromatic heterocycles. The molecule has 1 aliphatic heterocycles. The molecule has 23 heavy (non-hydrogen) atoms. The van der Waals surface area contributed by atoms with Gasteiger partial charge in [0.05, 0.1) is 5.69 Å². The summed E-state index contributed by atoms with van der Waals surface area (Å²) >= 11 is 0. The lowest BCUT2D eigenvalue weighted by Crippen LogP contribution is -2.44. The topological polar surface area (TPSA) is 58.3 Å². The van der Waals surface area contributed by atoms with Gasteiger partial charge in [0.15, 0.2) is 5.52 Å². The Kier molecular flexibility index (Phi) is 3.46. The molecule has 0 radical (unpaired) electrons. The second-order valence-electron chi connectivity index (χ2n) is 5.97. The molecule has 3 aromatic rings. The zero-order valence-electron chi connectivity index (χ0n) is 13.4. The standard InChI is InChI=1S/C17H19N5O/c1-12-15-17(19-11-18-12)23-16(20-15)13-3-5-14(6-4-13)22-9-7-21(2)8-10-22/h3-6,11H,7-10H2,1-2H3. The van der Waals surface area contributed by atoms with Crippen molar-refractivity contribution in [3.05, 3.63) is 36.3 Å². The first-order valence-corrected chi connectivity index (χ1v) is 7.83. The van der Waals surface area contributed by atoms with Crippen LogP contribution in [0.25, 0.3) is 22.7 Å². The highest BCUT2D eigenvalue weighted by Gasteiger charge is 2.15. The maximum atomic E-state index is 5.75. The molecule has 6 nitrogen and oxygen atoms in total. The van der Waals surface area contributed by atoms with Crippen molar-refractivity contribution in [3.63, 3.8) is 0 Å². The van der Waals surface area contributed by atoms with E-state index in [0.717, 1.165) is 43.0 Å². The van der Waals surface area contributed by atoms with Gasteiger partial charge >= 0.3 is 0 Å². The highest BCUT2D eigenvalue weighted by molar-refractivity contribution is 5.74. The lowest BCUT2D eigenvalue weighted by Gasteiger charge is -2.34. The summed E-state index contributed by atoms with van der Waals surface area (Å²) in [5.74, 6) is 0.591. The van der Waals surface area contributed by atoms with Crippen LogP contribution in [-0.4, -0.2) is 53.1 Å². The number of nitrogens with zero attached hydrogens (tertiary/aromatic N) is 5. The molecule has 118 valence electrons. The number of likely N-dealkylation sites (N-methyl/N-ethyl adjacent to an activating group) is 1. The molecule has 0 aliphatic carbocycles. The number of piperazine rings is 1. The summed E-state index contributed by atoms with van der Waals surface area (Å²) in [6, 6.07) is 8.38. The number of anilines is 1. The molecule has 1 saturated heterocycles. The van der Waals surface area contributed by atoms with E-state index in [1.54, 1.807) is 0 Å². The van der Waals surface area contributed by atoms with Crippen LogP contribution in [0.15, 0.2) is 35.0 Å². The minimum absolute atomic E-state index is 0.538. The van der Waals surface area contributed by atoms with Gasteiger partial charge in [-0.2, -0.15) is 4.98 Å². The SMILES string of the molecule is Cc1ncnc2oc(-c3ccc(N4CCN(C)CC4)cc3)nc12. The fourth-order valence-electron chi connectivity index (χ4n) is 2.87. The predicted octanol–water partition coefficient (Wildman–Crippen LogP) is 2.35. The summed E-state index contributed by atoms with van der Waals surface area (Å²) in [6.07, 6.45) is 1.50. The van der Waals surface area contributed by atoms with E-state index >= 15 is 0 Å². The molecule has 4 rings (SSSR count). The van der Waals surface area contributed by atoms with Gasteiger partial charge in [-0.05, 0) is 38.2 Å². The quantitative estimate of drug-likeness (QED) is 0.724. The molecule has 0 saturated carbocycles. The molecule has 6 heteroatoms. The molecule has 1 aromatic carbocycles. The summed E-state index contributed by atoms with van der Waals surface area (Å²) in [5.41, 5.74) is 4.30. The van der Waals surface area contributed by atoms with Crippen molar-refractivity contribution in [1.29, 1.82) is 0 Å². The third kappa shape index (κ3) is 2.66. The Balaban J connectivity index is 1.61. The van der Waals surface area contributed by atoms with Crippen molar-refractivity contribution in [2.75, 3.05) is 38.1 Å². The third-order valence-corrected chi connectivity index (χ3v) is 4.36. The van der Waals surface area contributed by atoms with Crippen LogP contribution in [0.4, 0.5) is 5.69 Å². The Morgan fingerprint density at radius 1 is 1.00 bits per heavy atom. The minimum atomic E-state index is 0.538. The summed E-state index contributed by atoms with van der Waals surface area (Å²) in [4.78, 5) is 17.6. The molecular formula is C17H19N5O. The molecule has 3 heterocycles. The fraction of sp³-hybridized carbons (Fsp3) is 0.353. The van der Waals surface area contributed by atoms with E-state index in [1.165, 1.54) is 12.0 Å². The van der Waals surface area contributed by atoms with Gasteiger partial charge in [-0.3, -0.25) is 0 Å². The van der Waals surface area contributed by atoms with E-state index in [-0.39, 0.29) is 0 Å². The first kappa shape index (κ1) is 14.1. The van der Waals surface area contributed by atoms with E-state index in [2.05, 4.69) is 56.1 Å². The Bertz CT molecular complexity index is 819. The Morgan fingerprint density at radius 3 is 2.43 bits per heavy atom. The first-order valence-electron chi connectivity index (χ1n) is 7.83. The molecule has 0 atom stereocenters. The number of benzene rings is 1. The van der Waals surface area contributed by atoms with E-state index in [1.807, 2.05) is 6.92 Å². The van der Waals surface area contributed by atoms with E-state index in [9.17, 15) is 0 Å². The van der Waals surface area contributed by atoms with Crippen molar-refractivity contribution in [2.45, 2.75) is 6.92 Å². The Morgan fingerprint density at radius 2 is 1.74 bits per heavy atom. The molecule has 0 unspecified atom stereocenters. The number of hydrogen-bond acceptors (Lipinski definition) is 6. The van der Waals surface area contributed by atoms with Gasteiger partial charge in [0.1, 0.15) is 6.33 Å². The molecule has 1 fully saturated rings. The molecule has 0 spiro atoms. The molecular weight excluding hydrogens is 290 g/mol. The van der Waals surface area contributed by atoms with Crippen molar-refractivity contribution >= 4 is 16.9 Å². The summed E-state index contributed by atoms with van der Waals surface area (Å²) in [7, 11) is 2.17. The van der Waals surface area contributed by atoms with Crippen LogP contribution < -0.4 is 4.90 Å². The lowest BCUT2D eigenvalue weighted by atomic mass is 10.2. The predicted molar refractivity (Wildman–Crippen MR) is 89.5 cm³/mol. The number of rotatable bonds is 2. The smallest absolute Gasteiger partial charge is 0.250 e. The fourth-order valence-corrected chi connectivity index (χ4v) is 2.87. The zero-order chi connectivity index (χ0) is 15.8. The molecule has 0 amide bonds. The van der Waals surface area contributed by atoms with Crippen molar-refractivity contribution in [2.24, 2.45) is 0 Å². The lowest BCUT2D eigenvalue weighted by molar-refractivity contribution is 0.313. The third-order valence-electron chi connectivity index (χ3n) is 4.36. The van der Waals surface area contributed by atoms with E-state index < -0.39 is 0 Å². The van der Waals surface area contributed by atoms with Gasteiger partial charge in [0, 0.05) is 37.4 Å². The van der Waals surface area contributed by atoms with Gasteiger partial charge in [-0.15, -0.1) is 0 Å². The van der Waals surface area contributed by atoms with Crippen molar-refractivity contribution in [3.8, 4) is 11.5 Å². The van der Waals surface area contributed by atoms with Gasteiger partial charge in [0.2, 0.25) is 5.89 Å². The van der Waals surface area contributed by atoms with Crippen LogP contribution >= 0.6 is 0 Å². The molecule has 0 bridgehead atoms. The number of fused-ring (bicyclic) bond motifs is 1. The van der Waals surface area contributed by atoms with Gasteiger partial charge < -0.3 is 14.2 Å². The Labute approximate surface area is 134 Å². The average molecular weight is 309 g/mol. The number of aryl methyl sites for hydroxylation is 1. The second kappa shape index (κ2) is 5.62. The van der Waals surface area contributed by atoms with Crippen molar-refractivity contribution in [1.82, 2.24) is 19.9 Å². The van der Waals surface area contributed by atoms with E-state index in [0.29, 0.717) is 11.6 Å². The summed E-state index contributed by atoms with van der Waals surface area (Å²) in [6.45, 7) is 6.24. The summed E-state index contributed by atoms with van der Waals surface area (Å²) in [5, 5.41) is 0. The molecule has 1 aliphatic rings. The van der Waals surface area contributed by atoms with Crippen LogP contribution in [0.2, 0.25) is 0 Å². The Hall–Kier alpha value is -2.47. The van der Waals surface area contributed by atoms with Crippen molar-refractivity contribution < 1.29 is 4.42 Å². The molecule has 0 N–H and O–H groups in total. The number of hydrogen-bond donors (Lipinski definition) is 0. The van der Waals surface area contributed by atoms with E-state index in [4.69, 9.17) is 4.42 Å². The largest absolute Gasteiger partial charge is 0.418 e. The number of aromatic nitrogens is 3. The van der Waals surface area contributed by atoms with Crippen LogP contribution in [0.5, 0.6) is 0 Å². The highest BCUT2D eigenvalue weighted by atomic mass is 16.4. The minimum Gasteiger partial charge on any atom is -0.418 e. The van der Waals surface area contributed by atoms with Crippen LogP contribution in [0, 0.1) is 6.92 Å². The monoisotopic (exact) mass is 309 g/mol. The highest BCUT2D eigenvalue weighted by Crippen LogP contribution is 2.26. The maximum absolute atomic E-state index is 5.75. The van der Waals surface area contributed by atoms with Crippen LogP contribution in [0.3, 0.4) is 0 Å². The van der Waals surface area contributed by atoms with Gasteiger partial charge in [-0.1, -0.05) is 0 Å². The zero-order valence-corrected chi connectivity index (χ0v) is 13.4. The summed E-state index contributed by atoms with van der Waals surface area (Å²) < 4.78 is 5.75. The first-order chi connectivity index (χ1) is 11.2. The van der Waals surface area contributed by atoms with Gasteiger partial charge in [0.25, 0.3) is 5.71 Å². The normalized spacial score (nSPS) is 16.2. The second-order valence-corrected chi connectivity index (χ2v) is 5.97. The van der Waals surface area contributed by atoms with Crippen LogP contribution in [0.1, 0.15) is 5.69 Å². The van der Waals surface area contributed by atoms with Gasteiger partial charge in [-0.25, -0.2) is 9.97 Å². The number of oxazole rings is 1. The van der Waals surface area contributed by atoms with Crippen LogP contribution in [-0.2, 0) is 0 Å². The maximum Gasteiger partial charge on any atom is 0.250 e. The average Bonchev–Trinajstić information content (AvgIpc) is 3.01.